The van der Waals surface area contributed by atoms with E-state index in [1.807, 2.05) is 13.0 Å². The van der Waals surface area contributed by atoms with Crippen molar-refractivity contribution in [2.75, 3.05) is 0 Å². The molecule has 0 aromatic carbocycles. The van der Waals surface area contributed by atoms with Gasteiger partial charge in [-0.25, -0.2) is 4.98 Å². The van der Waals surface area contributed by atoms with E-state index in [1.165, 1.54) is 5.56 Å². The second kappa shape index (κ2) is 2.71. The molecule has 1 aliphatic carbocycles. The Kier molecular flexibility index (Phi) is 1.51. The van der Waals surface area contributed by atoms with Crippen molar-refractivity contribution in [2.24, 2.45) is 0 Å². The van der Waals surface area contributed by atoms with Gasteiger partial charge >= 0.3 is 0 Å². The molecule has 0 fully saturated rings. The summed E-state index contributed by atoms with van der Waals surface area (Å²) in [4.78, 5) is 4.38. The number of fused-ring (bicyclic) bond motifs is 3. The number of aromatic nitrogens is 1. The maximum absolute atomic E-state index is 5.71. The summed E-state index contributed by atoms with van der Waals surface area (Å²) >= 11 is 0. The number of rotatable bonds is 0. The molecule has 0 N–H and O–H groups in total. The van der Waals surface area contributed by atoms with E-state index < -0.39 is 0 Å². The molecule has 0 radical (unpaired) electrons. The summed E-state index contributed by atoms with van der Waals surface area (Å²) in [6.07, 6.45) is 6.41. The molecule has 2 heterocycles. The summed E-state index contributed by atoms with van der Waals surface area (Å²) in [5, 5.41) is 1.14. The number of furan rings is 1. The maximum atomic E-state index is 5.71. The summed E-state index contributed by atoms with van der Waals surface area (Å²) in [7, 11) is 0. The number of allylic oxidation sites excluding steroid dienone is 1. The number of hydrogen-bond acceptors (Lipinski definition) is 2. The van der Waals surface area contributed by atoms with Crippen molar-refractivity contribution >= 4 is 17.2 Å². The number of nitrogens with zero attached hydrogens (tertiary/aromatic N) is 1. The lowest BCUT2D eigenvalue weighted by Gasteiger charge is -2.00. The molecule has 2 aromatic rings. The molecule has 2 nitrogen and oxygen atoms in total. The van der Waals surface area contributed by atoms with E-state index in [0.717, 1.165) is 35.4 Å². The van der Waals surface area contributed by atoms with E-state index in [0.29, 0.717) is 0 Å². The fraction of sp³-hybridized carbons (Fsp3) is 0.250. The van der Waals surface area contributed by atoms with Crippen molar-refractivity contribution in [3.8, 4) is 0 Å². The molecule has 2 heteroatoms. The van der Waals surface area contributed by atoms with Crippen molar-refractivity contribution in [3.05, 3.63) is 35.2 Å². The van der Waals surface area contributed by atoms with Crippen molar-refractivity contribution in [2.45, 2.75) is 19.8 Å². The summed E-state index contributed by atoms with van der Waals surface area (Å²) in [6, 6.07) is 4.12. The van der Waals surface area contributed by atoms with Crippen molar-refractivity contribution in [3.63, 3.8) is 0 Å². The van der Waals surface area contributed by atoms with Crippen molar-refractivity contribution in [1.82, 2.24) is 4.98 Å². The Hall–Kier alpha value is -1.57. The normalized spacial score (nSPS) is 14.6. The lowest BCUT2D eigenvalue weighted by molar-refractivity contribution is 0.536. The first-order valence-electron chi connectivity index (χ1n) is 4.90. The molecule has 0 unspecified atom stereocenters. The number of hydrogen-bond donors (Lipinski definition) is 0. The highest BCUT2D eigenvalue weighted by Gasteiger charge is 2.14. The fourth-order valence-corrected chi connectivity index (χ4v) is 1.92. The van der Waals surface area contributed by atoms with Crippen LogP contribution in [0.5, 0.6) is 0 Å². The molecule has 0 amide bonds. The largest absolute Gasteiger partial charge is 0.442 e. The minimum atomic E-state index is 0.779. The van der Waals surface area contributed by atoms with E-state index in [9.17, 15) is 0 Å². The van der Waals surface area contributed by atoms with Crippen LogP contribution in [0.4, 0.5) is 0 Å². The average molecular weight is 185 g/mol. The van der Waals surface area contributed by atoms with Gasteiger partial charge in [-0.3, -0.25) is 0 Å². The van der Waals surface area contributed by atoms with Gasteiger partial charge in [-0.1, -0.05) is 12.2 Å². The van der Waals surface area contributed by atoms with Crippen LogP contribution in [0.1, 0.15) is 23.4 Å². The molecular formula is C12H11NO. The van der Waals surface area contributed by atoms with Crippen LogP contribution in [-0.2, 0) is 6.42 Å². The van der Waals surface area contributed by atoms with Crippen LogP contribution in [0.3, 0.4) is 0 Å². The zero-order valence-electron chi connectivity index (χ0n) is 8.08. The Bertz CT molecular complexity index is 522. The minimum absolute atomic E-state index is 0.779. The summed E-state index contributed by atoms with van der Waals surface area (Å²) in [5.41, 5.74) is 3.01. The number of pyridine rings is 1. The van der Waals surface area contributed by atoms with Crippen LogP contribution >= 0.6 is 0 Å². The molecule has 3 rings (SSSR count). The third-order valence-corrected chi connectivity index (χ3v) is 2.63. The van der Waals surface area contributed by atoms with Gasteiger partial charge in [0.15, 0.2) is 0 Å². The topological polar surface area (TPSA) is 26.0 Å². The average Bonchev–Trinajstić information content (AvgIpc) is 2.54. The molecule has 70 valence electrons. The molecule has 0 atom stereocenters. The molecule has 0 saturated heterocycles. The van der Waals surface area contributed by atoms with Gasteiger partial charge in [-0.15, -0.1) is 0 Å². The Morgan fingerprint density at radius 1 is 1.36 bits per heavy atom. The van der Waals surface area contributed by atoms with Crippen molar-refractivity contribution in [1.29, 1.82) is 0 Å². The quantitative estimate of drug-likeness (QED) is 0.630. The van der Waals surface area contributed by atoms with Crippen LogP contribution in [0.15, 0.2) is 22.6 Å². The van der Waals surface area contributed by atoms with E-state index in [-0.39, 0.29) is 0 Å². The van der Waals surface area contributed by atoms with E-state index >= 15 is 0 Å². The zero-order valence-corrected chi connectivity index (χ0v) is 8.08. The third kappa shape index (κ3) is 1.00. The third-order valence-electron chi connectivity index (χ3n) is 2.63. The fourth-order valence-electron chi connectivity index (χ4n) is 1.92. The monoisotopic (exact) mass is 185 g/mol. The van der Waals surface area contributed by atoms with E-state index in [4.69, 9.17) is 4.42 Å². The summed E-state index contributed by atoms with van der Waals surface area (Å²) in [5.74, 6) is 1.08. The molecule has 2 aromatic heterocycles. The first-order valence-corrected chi connectivity index (χ1v) is 4.90. The van der Waals surface area contributed by atoms with Gasteiger partial charge in [0.2, 0.25) is 5.71 Å². The first kappa shape index (κ1) is 7.80. The standard InChI is InChI=1S/C12H11NO/c1-8-6-7-10-9-4-2-3-5-11(9)14-12(10)13-8/h2,4,6-7H,3,5H2,1H3. The van der Waals surface area contributed by atoms with Gasteiger partial charge in [0, 0.05) is 23.1 Å². The molecule has 0 spiro atoms. The number of aryl methyl sites for hydroxylation is 2. The molecule has 1 aliphatic rings. The smallest absolute Gasteiger partial charge is 0.227 e. The van der Waals surface area contributed by atoms with Gasteiger partial charge in [-0.2, -0.15) is 0 Å². The van der Waals surface area contributed by atoms with Crippen LogP contribution in [0.25, 0.3) is 17.2 Å². The molecule has 0 saturated carbocycles. The Morgan fingerprint density at radius 3 is 3.21 bits per heavy atom. The minimum Gasteiger partial charge on any atom is -0.442 e. The van der Waals surface area contributed by atoms with Crippen LogP contribution in [0.2, 0.25) is 0 Å². The van der Waals surface area contributed by atoms with Gasteiger partial charge in [0.1, 0.15) is 5.76 Å². The Balaban J connectivity index is 2.38. The Morgan fingerprint density at radius 2 is 2.29 bits per heavy atom. The zero-order chi connectivity index (χ0) is 9.54. The van der Waals surface area contributed by atoms with Gasteiger partial charge in [0.05, 0.1) is 0 Å². The van der Waals surface area contributed by atoms with Crippen molar-refractivity contribution < 1.29 is 4.42 Å². The van der Waals surface area contributed by atoms with Crippen LogP contribution in [0, 0.1) is 6.92 Å². The highest BCUT2D eigenvalue weighted by molar-refractivity contribution is 5.86. The first-order chi connectivity index (χ1) is 6.84. The lowest BCUT2D eigenvalue weighted by atomic mass is 10.0. The second-order valence-electron chi connectivity index (χ2n) is 3.69. The predicted molar refractivity (Wildman–Crippen MR) is 56.1 cm³/mol. The Labute approximate surface area is 82.3 Å². The molecule has 0 bridgehead atoms. The van der Waals surface area contributed by atoms with Gasteiger partial charge in [0.25, 0.3) is 0 Å². The molecule has 0 aliphatic heterocycles. The predicted octanol–water partition coefficient (Wildman–Crippen LogP) is 3.10. The lowest BCUT2D eigenvalue weighted by Crippen LogP contribution is -1.88. The van der Waals surface area contributed by atoms with Crippen LogP contribution < -0.4 is 0 Å². The molecule has 14 heavy (non-hydrogen) atoms. The van der Waals surface area contributed by atoms with Gasteiger partial charge < -0.3 is 4.42 Å². The van der Waals surface area contributed by atoms with Crippen LogP contribution in [-0.4, -0.2) is 4.98 Å². The summed E-state index contributed by atoms with van der Waals surface area (Å²) in [6.45, 7) is 1.98. The van der Waals surface area contributed by atoms with Gasteiger partial charge in [-0.05, 0) is 25.5 Å². The summed E-state index contributed by atoms with van der Waals surface area (Å²) < 4.78 is 5.71. The van der Waals surface area contributed by atoms with E-state index in [2.05, 4.69) is 23.2 Å². The molecular weight excluding hydrogens is 174 g/mol. The highest BCUT2D eigenvalue weighted by atomic mass is 16.3. The maximum Gasteiger partial charge on any atom is 0.227 e. The SMILES string of the molecule is Cc1ccc2c3c(oc2n1)CCC=C3. The second-order valence-corrected chi connectivity index (χ2v) is 3.69. The van der Waals surface area contributed by atoms with E-state index in [1.54, 1.807) is 0 Å². The highest BCUT2D eigenvalue weighted by Crippen LogP contribution is 2.29.